The molecule has 0 aliphatic heterocycles. The number of hydrogen-bond acceptors (Lipinski definition) is 4. The summed E-state index contributed by atoms with van der Waals surface area (Å²) in [5.41, 5.74) is 10.6. The van der Waals surface area contributed by atoms with Crippen molar-refractivity contribution in [3.05, 3.63) is 46.9 Å². The van der Waals surface area contributed by atoms with Crippen molar-refractivity contribution in [2.75, 3.05) is 5.73 Å². The smallest absolute Gasteiger partial charge is 0.223 e. The summed E-state index contributed by atoms with van der Waals surface area (Å²) in [6.45, 7) is 0. The molecule has 0 radical (unpaired) electrons. The topological polar surface area (TPSA) is 91.2 Å². The van der Waals surface area contributed by atoms with E-state index in [9.17, 15) is 9.18 Å². The summed E-state index contributed by atoms with van der Waals surface area (Å²) >= 11 is 6.03. The normalized spacial score (nSPS) is 15.2. The van der Waals surface area contributed by atoms with Crippen molar-refractivity contribution >= 4 is 23.3 Å². The zero-order chi connectivity index (χ0) is 16.6. The van der Waals surface area contributed by atoms with Crippen LogP contribution in [0.4, 0.5) is 10.2 Å². The summed E-state index contributed by atoms with van der Waals surface area (Å²) in [5, 5.41) is 0.131. The Labute approximate surface area is 137 Å². The van der Waals surface area contributed by atoms with E-state index in [1.54, 1.807) is 12.1 Å². The fourth-order valence-corrected chi connectivity index (χ4v) is 2.58. The lowest BCUT2D eigenvalue weighted by Crippen LogP contribution is -2.27. The number of benzene rings is 1. The van der Waals surface area contributed by atoms with Crippen molar-refractivity contribution in [3.63, 3.8) is 0 Å². The molecule has 1 aliphatic rings. The molecule has 3 rings (SSSR count). The Balaban J connectivity index is 1.90. The molecule has 1 aromatic heterocycles. The Morgan fingerprint density at radius 1 is 1.35 bits per heavy atom. The highest BCUT2D eigenvalue weighted by Crippen LogP contribution is 2.49. The molecule has 23 heavy (non-hydrogen) atoms. The molecule has 0 spiro atoms. The second kappa shape index (κ2) is 5.70. The Hall–Kier alpha value is -2.34. The molecule has 1 aromatic carbocycles. The van der Waals surface area contributed by atoms with Crippen molar-refractivity contribution in [1.82, 2.24) is 4.98 Å². The highest BCUT2D eigenvalue weighted by molar-refractivity contribution is 6.32. The number of halogens is 2. The Kier molecular flexibility index (Phi) is 3.85. The van der Waals surface area contributed by atoms with Crippen LogP contribution in [0.2, 0.25) is 5.02 Å². The van der Waals surface area contributed by atoms with Gasteiger partial charge < -0.3 is 16.2 Å². The molecule has 0 saturated heterocycles. The van der Waals surface area contributed by atoms with Gasteiger partial charge in [0.2, 0.25) is 5.91 Å². The van der Waals surface area contributed by atoms with Crippen molar-refractivity contribution in [2.24, 2.45) is 11.1 Å². The molecule has 7 heteroatoms. The van der Waals surface area contributed by atoms with E-state index < -0.39 is 17.1 Å². The highest BCUT2D eigenvalue weighted by Gasteiger charge is 2.48. The summed E-state index contributed by atoms with van der Waals surface area (Å²) < 4.78 is 20.2. The minimum Gasteiger partial charge on any atom is -0.451 e. The van der Waals surface area contributed by atoms with E-state index in [0.29, 0.717) is 30.0 Å². The number of nitrogen functional groups attached to an aromatic ring is 1. The van der Waals surface area contributed by atoms with Gasteiger partial charge in [0, 0.05) is 0 Å². The van der Waals surface area contributed by atoms with Gasteiger partial charge in [0.25, 0.3) is 0 Å². The number of nitrogens with two attached hydrogens (primary N) is 2. The maximum absolute atomic E-state index is 14.7. The van der Waals surface area contributed by atoms with Crippen LogP contribution in [0.25, 0.3) is 0 Å². The summed E-state index contributed by atoms with van der Waals surface area (Å²) in [7, 11) is 0. The Morgan fingerprint density at radius 3 is 2.65 bits per heavy atom. The van der Waals surface area contributed by atoms with E-state index in [2.05, 4.69) is 4.98 Å². The molecule has 1 saturated carbocycles. The van der Waals surface area contributed by atoms with Crippen LogP contribution in [0.1, 0.15) is 18.4 Å². The molecule has 5 nitrogen and oxygen atoms in total. The highest BCUT2D eigenvalue weighted by atomic mass is 35.5. The number of pyridine rings is 1. The third-order valence-corrected chi connectivity index (χ3v) is 4.31. The van der Waals surface area contributed by atoms with Gasteiger partial charge >= 0.3 is 0 Å². The number of hydrogen-bond donors (Lipinski definition) is 2. The van der Waals surface area contributed by atoms with Gasteiger partial charge in [-0.15, -0.1) is 0 Å². The van der Waals surface area contributed by atoms with Gasteiger partial charge in [-0.2, -0.15) is 0 Å². The lowest BCUT2D eigenvalue weighted by atomic mass is 9.95. The third-order valence-electron chi connectivity index (χ3n) is 4.01. The predicted molar refractivity (Wildman–Crippen MR) is 84.7 cm³/mol. The van der Waals surface area contributed by atoms with Gasteiger partial charge in [0.1, 0.15) is 11.6 Å². The van der Waals surface area contributed by atoms with Crippen LogP contribution in [-0.4, -0.2) is 10.9 Å². The quantitative estimate of drug-likeness (QED) is 0.878. The van der Waals surface area contributed by atoms with Gasteiger partial charge in [-0.05, 0) is 43.0 Å². The largest absolute Gasteiger partial charge is 0.451 e. The molecular weight excluding hydrogens is 321 g/mol. The monoisotopic (exact) mass is 335 g/mol. The van der Waals surface area contributed by atoms with Crippen molar-refractivity contribution in [1.29, 1.82) is 0 Å². The maximum atomic E-state index is 14.7. The van der Waals surface area contributed by atoms with E-state index in [1.807, 2.05) is 0 Å². The van der Waals surface area contributed by atoms with Gasteiger partial charge in [0.15, 0.2) is 11.6 Å². The minimum absolute atomic E-state index is 0.101. The standard InChI is InChI=1S/C16H15ClFN3O2/c17-11-3-1-9(7-16(5-6-16)15(20)22)13(18)14(11)23-10-2-4-12(19)21-8-10/h1-4,8H,5-7H2,(H2,19,21)(H2,20,22). The minimum atomic E-state index is -0.644. The molecule has 1 aliphatic carbocycles. The van der Waals surface area contributed by atoms with E-state index in [0.717, 1.165) is 0 Å². The maximum Gasteiger partial charge on any atom is 0.223 e. The van der Waals surface area contributed by atoms with E-state index in [-0.39, 0.29) is 17.2 Å². The lowest BCUT2D eigenvalue weighted by molar-refractivity contribution is -0.123. The Bertz CT molecular complexity index is 761. The number of amides is 1. The second-order valence-corrected chi connectivity index (χ2v) is 6.10. The molecule has 0 unspecified atom stereocenters. The molecule has 1 fully saturated rings. The predicted octanol–water partition coefficient (Wildman–Crippen LogP) is 3.06. The first-order valence-electron chi connectivity index (χ1n) is 7.07. The van der Waals surface area contributed by atoms with Crippen LogP contribution in [0.3, 0.4) is 0 Å². The van der Waals surface area contributed by atoms with Gasteiger partial charge in [-0.3, -0.25) is 4.79 Å². The molecule has 1 amide bonds. The third kappa shape index (κ3) is 3.07. The van der Waals surface area contributed by atoms with Crippen LogP contribution in [0, 0.1) is 11.2 Å². The van der Waals surface area contributed by atoms with Gasteiger partial charge in [-0.25, -0.2) is 9.37 Å². The van der Waals surface area contributed by atoms with Crippen molar-refractivity contribution in [3.8, 4) is 11.5 Å². The van der Waals surface area contributed by atoms with Gasteiger partial charge in [0.05, 0.1) is 16.6 Å². The fraction of sp³-hybridized carbons (Fsp3) is 0.250. The fourth-order valence-electron chi connectivity index (χ4n) is 2.40. The molecule has 2 aromatic rings. The van der Waals surface area contributed by atoms with Gasteiger partial charge in [-0.1, -0.05) is 17.7 Å². The zero-order valence-corrected chi connectivity index (χ0v) is 12.9. The lowest BCUT2D eigenvalue weighted by Gasteiger charge is -2.15. The summed E-state index contributed by atoms with van der Waals surface area (Å²) in [5.74, 6) is -0.460. The van der Waals surface area contributed by atoms with E-state index in [4.69, 9.17) is 27.8 Å². The summed E-state index contributed by atoms with van der Waals surface area (Å²) in [6, 6.07) is 6.19. The van der Waals surface area contributed by atoms with E-state index in [1.165, 1.54) is 18.3 Å². The van der Waals surface area contributed by atoms with Crippen molar-refractivity contribution < 1.29 is 13.9 Å². The van der Waals surface area contributed by atoms with E-state index >= 15 is 0 Å². The van der Waals surface area contributed by atoms with Crippen LogP contribution >= 0.6 is 11.6 Å². The Morgan fingerprint density at radius 2 is 2.09 bits per heavy atom. The molecule has 4 N–H and O–H groups in total. The average molecular weight is 336 g/mol. The summed E-state index contributed by atoms with van der Waals surface area (Å²) in [4.78, 5) is 15.4. The zero-order valence-electron chi connectivity index (χ0n) is 12.2. The molecule has 0 atom stereocenters. The number of aromatic nitrogens is 1. The molecule has 0 bridgehead atoms. The van der Waals surface area contributed by atoms with Crippen LogP contribution in [0.5, 0.6) is 11.5 Å². The average Bonchev–Trinajstić information content (AvgIpc) is 3.30. The molecule has 120 valence electrons. The van der Waals surface area contributed by atoms with Crippen LogP contribution < -0.4 is 16.2 Å². The number of primary amides is 1. The SMILES string of the molecule is NC(=O)C1(Cc2ccc(Cl)c(Oc3ccc(N)nc3)c2F)CC1. The first-order chi connectivity index (χ1) is 10.9. The first kappa shape index (κ1) is 15.6. The molecular formula is C16H15ClFN3O2. The number of rotatable bonds is 5. The number of carbonyl (C=O) groups is 1. The molecule has 1 heterocycles. The number of ether oxygens (including phenoxy) is 1. The number of anilines is 1. The second-order valence-electron chi connectivity index (χ2n) is 5.69. The summed E-state index contributed by atoms with van der Waals surface area (Å²) in [6.07, 6.45) is 2.95. The number of carbonyl (C=O) groups excluding carboxylic acids is 1. The van der Waals surface area contributed by atoms with Crippen molar-refractivity contribution in [2.45, 2.75) is 19.3 Å². The first-order valence-corrected chi connectivity index (χ1v) is 7.45. The number of nitrogens with zero attached hydrogens (tertiary/aromatic N) is 1. The van der Waals surface area contributed by atoms with Crippen LogP contribution in [-0.2, 0) is 11.2 Å². The van der Waals surface area contributed by atoms with Crippen LogP contribution in [0.15, 0.2) is 30.5 Å².